The molecule has 2 aromatic rings. The van der Waals surface area contributed by atoms with Crippen molar-refractivity contribution in [2.75, 3.05) is 0 Å². The van der Waals surface area contributed by atoms with Crippen molar-refractivity contribution in [3.8, 4) is 11.3 Å². The van der Waals surface area contributed by atoms with Crippen LogP contribution in [0.1, 0.15) is 63.5 Å². The van der Waals surface area contributed by atoms with E-state index in [0.717, 1.165) is 12.8 Å². The van der Waals surface area contributed by atoms with E-state index in [4.69, 9.17) is 17.3 Å². The number of primary amides is 1. The summed E-state index contributed by atoms with van der Waals surface area (Å²) in [6.45, 7) is 10.5. The van der Waals surface area contributed by atoms with Crippen LogP contribution in [0.3, 0.4) is 0 Å². The zero-order valence-electron chi connectivity index (χ0n) is 18.6. The number of nitrogens with two attached hydrogens (primary N) is 1. The zero-order chi connectivity index (χ0) is 23.1. The predicted octanol–water partition coefficient (Wildman–Crippen LogP) is 4.32. The second-order valence-corrected chi connectivity index (χ2v) is 9.22. The molecule has 31 heavy (non-hydrogen) atoms. The van der Waals surface area contributed by atoms with Crippen molar-refractivity contribution in [3.63, 3.8) is 0 Å². The van der Waals surface area contributed by atoms with Gasteiger partial charge in [0.25, 0.3) is 5.91 Å². The molecule has 3 amide bonds. The summed E-state index contributed by atoms with van der Waals surface area (Å²) >= 11 is 5.92. The van der Waals surface area contributed by atoms with Crippen LogP contribution in [-0.4, -0.2) is 37.7 Å². The second kappa shape index (κ2) is 8.15. The molecule has 7 nitrogen and oxygen atoms in total. The van der Waals surface area contributed by atoms with Gasteiger partial charge in [0.15, 0.2) is 0 Å². The molecule has 0 saturated heterocycles. The van der Waals surface area contributed by atoms with Crippen LogP contribution >= 0.6 is 11.6 Å². The second-order valence-electron chi connectivity index (χ2n) is 8.81. The van der Waals surface area contributed by atoms with E-state index < -0.39 is 11.7 Å². The Labute approximate surface area is 186 Å². The zero-order valence-corrected chi connectivity index (χ0v) is 19.3. The number of fused-ring (bicyclic) bond motifs is 1. The Hall–Kier alpha value is -2.61. The van der Waals surface area contributed by atoms with Crippen molar-refractivity contribution < 1.29 is 14.0 Å². The lowest BCUT2D eigenvalue weighted by molar-refractivity contribution is 0.0988. The summed E-state index contributed by atoms with van der Waals surface area (Å²) in [7, 11) is 0. The quantitative estimate of drug-likeness (QED) is 0.714. The molecule has 168 valence electrons. The fourth-order valence-electron chi connectivity index (χ4n) is 3.82. The smallest absolute Gasteiger partial charge is 0.318 e. The van der Waals surface area contributed by atoms with E-state index in [-0.39, 0.29) is 34.2 Å². The molecule has 1 aromatic heterocycles. The van der Waals surface area contributed by atoms with Gasteiger partial charge in [-0.25, -0.2) is 9.18 Å². The molecule has 1 saturated carbocycles. The molecule has 2 aliphatic rings. The number of rotatable bonds is 2. The molecular formula is C22H29ClFN5O2. The van der Waals surface area contributed by atoms with Crippen LogP contribution < -0.4 is 11.1 Å². The minimum atomic E-state index is -0.648. The van der Waals surface area contributed by atoms with E-state index in [1.54, 1.807) is 9.58 Å². The highest BCUT2D eigenvalue weighted by molar-refractivity contribution is 6.31. The molecule has 1 fully saturated rings. The molecule has 0 unspecified atom stereocenters. The first-order valence-electron chi connectivity index (χ1n) is 10.5. The first-order chi connectivity index (χ1) is 14.5. The fourth-order valence-corrected chi connectivity index (χ4v) is 4.00. The Bertz CT molecular complexity index is 1020. The predicted molar refractivity (Wildman–Crippen MR) is 118 cm³/mol. The lowest BCUT2D eigenvalue weighted by Crippen LogP contribution is -2.56. The number of carbonyl (C=O) groups is 2. The Morgan fingerprint density at radius 3 is 2.42 bits per heavy atom. The Morgan fingerprint density at radius 1 is 1.26 bits per heavy atom. The van der Waals surface area contributed by atoms with Crippen LogP contribution in [0.4, 0.5) is 9.18 Å². The molecular weight excluding hydrogens is 421 g/mol. The normalized spacial score (nSPS) is 16.3. The van der Waals surface area contributed by atoms with Crippen molar-refractivity contribution in [1.29, 1.82) is 0 Å². The maximum absolute atomic E-state index is 13.6. The van der Waals surface area contributed by atoms with Gasteiger partial charge >= 0.3 is 6.03 Å². The van der Waals surface area contributed by atoms with Crippen molar-refractivity contribution in [2.45, 2.75) is 71.6 Å². The number of urea groups is 1. The number of benzene rings is 1. The van der Waals surface area contributed by atoms with Gasteiger partial charge in [-0.2, -0.15) is 5.10 Å². The third-order valence-corrected chi connectivity index (χ3v) is 5.67. The molecule has 0 bridgehead atoms. The van der Waals surface area contributed by atoms with Crippen LogP contribution in [0.2, 0.25) is 5.02 Å². The molecule has 0 radical (unpaired) electrons. The van der Waals surface area contributed by atoms with Crippen molar-refractivity contribution >= 4 is 23.5 Å². The number of nitrogens with zero attached hydrogens (tertiary/aromatic N) is 3. The monoisotopic (exact) mass is 449 g/mol. The van der Waals surface area contributed by atoms with Gasteiger partial charge in [0.1, 0.15) is 11.5 Å². The first kappa shape index (κ1) is 23.1. The van der Waals surface area contributed by atoms with Gasteiger partial charge in [0.05, 0.1) is 34.9 Å². The third kappa shape index (κ3) is 4.39. The summed E-state index contributed by atoms with van der Waals surface area (Å²) in [6, 6.07) is 3.99. The highest BCUT2D eigenvalue weighted by Crippen LogP contribution is 2.47. The lowest BCUT2D eigenvalue weighted by Gasteiger charge is -2.38. The van der Waals surface area contributed by atoms with Gasteiger partial charge in [-0.1, -0.05) is 25.4 Å². The average Bonchev–Trinajstić information content (AvgIpc) is 3.33. The largest absolute Gasteiger partial charge is 0.365 e. The molecule has 1 aliphatic carbocycles. The van der Waals surface area contributed by atoms with Crippen molar-refractivity contribution in [2.24, 2.45) is 5.73 Å². The van der Waals surface area contributed by atoms with Crippen LogP contribution in [0.5, 0.6) is 0 Å². The van der Waals surface area contributed by atoms with Gasteiger partial charge in [-0.05, 0) is 51.8 Å². The number of halogens is 2. The standard InChI is InChI=1S/C20H23ClFN5O2.C2H6/c1-19(2,3)24-18(29)26-9-14-15(17(23)28)16(11-4-5-13(22)12(21)8-11)25-27(14)10-20(26)6-7-20;1-2/h4-5,8H,6-7,9-10H2,1-3H3,(H2,23,28)(H,24,29);1-2H3. The maximum atomic E-state index is 13.6. The molecule has 0 atom stereocenters. The highest BCUT2D eigenvalue weighted by atomic mass is 35.5. The number of carbonyl (C=O) groups excluding carboxylic acids is 2. The third-order valence-electron chi connectivity index (χ3n) is 5.38. The van der Waals surface area contributed by atoms with Gasteiger partial charge < -0.3 is 16.0 Å². The number of amides is 3. The van der Waals surface area contributed by atoms with E-state index >= 15 is 0 Å². The van der Waals surface area contributed by atoms with Crippen molar-refractivity contribution in [3.05, 3.63) is 40.3 Å². The molecule has 1 aliphatic heterocycles. The van der Waals surface area contributed by atoms with Crippen molar-refractivity contribution in [1.82, 2.24) is 20.0 Å². The molecule has 4 rings (SSSR count). The van der Waals surface area contributed by atoms with Crippen LogP contribution in [0, 0.1) is 5.82 Å². The number of hydrogen-bond acceptors (Lipinski definition) is 3. The van der Waals surface area contributed by atoms with Gasteiger partial charge in [-0.15, -0.1) is 0 Å². The number of aromatic nitrogens is 2. The maximum Gasteiger partial charge on any atom is 0.318 e. The Kier molecular flexibility index (Phi) is 6.06. The molecule has 3 N–H and O–H groups in total. The number of nitrogens with one attached hydrogen (secondary N) is 1. The molecule has 1 spiro atoms. The van der Waals surface area contributed by atoms with Crippen LogP contribution in [0.15, 0.2) is 18.2 Å². The average molecular weight is 450 g/mol. The minimum absolute atomic E-state index is 0.0614. The SMILES string of the molecule is CC.CC(C)(C)NC(=O)N1Cc2c(C(N)=O)c(-c3ccc(F)c(Cl)c3)nn2CC12CC2. The Morgan fingerprint density at radius 2 is 1.90 bits per heavy atom. The van der Waals surface area contributed by atoms with Gasteiger partial charge in [-0.3, -0.25) is 9.48 Å². The Balaban J connectivity index is 0.00000132. The topological polar surface area (TPSA) is 93.2 Å². The van der Waals surface area contributed by atoms with Crippen LogP contribution in [0.25, 0.3) is 11.3 Å². The van der Waals surface area contributed by atoms with Gasteiger partial charge in [0, 0.05) is 11.1 Å². The summed E-state index contributed by atoms with van der Waals surface area (Å²) in [5.74, 6) is -1.20. The van der Waals surface area contributed by atoms with E-state index in [0.29, 0.717) is 23.5 Å². The van der Waals surface area contributed by atoms with E-state index in [2.05, 4.69) is 10.4 Å². The summed E-state index contributed by atoms with van der Waals surface area (Å²) in [5, 5.41) is 7.53. The minimum Gasteiger partial charge on any atom is -0.365 e. The summed E-state index contributed by atoms with van der Waals surface area (Å²) in [4.78, 5) is 27.0. The summed E-state index contributed by atoms with van der Waals surface area (Å²) in [5.41, 5.74) is 6.65. The number of hydrogen-bond donors (Lipinski definition) is 2. The first-order valence-corrected chi connectivity index (χ1v) is 10.8. The molecule has 2 heterocycles. The van der Waals surface area contributed by atoms with Gasteiger partial charge in [0.2, 0.25) is 0 Å². The molecule has 1 aromatic carbocycles. The summed E-state index contributed by atoms with van der Waals surface area (Å²) < 4.78 is 15.3. The highest BCUT2D eigenvalue weighted by Gasteiger charge is 2.54. The lowest BCUT2D eigenvalue weighted by atomic mass is 10.0. The van der Waals surface area contributed by atoms with Crippen LogP contribution in [-0.2, 0) is 13.1 Å². The van der Waals surface area contributed by atoms with E-state index in [9.17, 15) is 14.0 Å². The van der Waals surface area contributed by atoms with E-state index in [1.807, 2.05) is 34.6 Å². The van der Waals surface area contributed by atoms with E-state index in [1.165, 1.54) is 18.2 Å². The fraction of sp³-hybridized carbons (Fsp3) is 0.500. The summed E-state index contributed by atoms with van der Waals surface area (Å²) in [6.07, 6.45) is 1.74. The molecule has 9 heteroatoms.